The third-order valence-electron chi connectivity index (χ3n) is 3.05. The number of anilines is 1. The number of hydrogen-bond acceptors (Lipinski definition) is 3. The van der Waals surface area contributed by atoms with Crippen molar-refractivity contribution < 1.29 is 9.18 Å². The molecule has 0 aliphatic rings. The Morgan fingerprint density at radius 3 is 2.55 bits per heavy atom. The van der Waals surface area contributed by atoms with Gasteiger partial charge in [0.1, 0.15) is 0 Å². The van der Waals surface area contributed by atoms with Crippen LogP contribution in [0, 0.1) is 5.82 Å². The van der Waals surface area contributed by atoms with Crippen LogP contribution >= 0.6 is 0 Å². The summed E-state index contributed by atoms with van der Waals surface area (Å²) in [4.78, 5) is 15.5. The van der Waals surface area contributed by atoms with Crippen LogP contribution in [0.3, 0.4) is 0 Å². The van der Waals surface area contributed by atoms with Crippen molar-refractivity contribution in [3.8, 4) is 0 Å². The Morgan fingerprint density at radius 1 is 1.25 bits per heavy atom. The number of aromatic nitrogens is 1. The Labute approximate surface area is 116 Å². The quantitative estimate of drug-likeness (QED) is 0.898. The second kappa shape index (κ2) is 6.14. The van der Waals surface area contributed by atoms with E-state index in [1.807, 2.05) is 24.3 Å². The van der Waals surface area contributed by atoms with Crippen molar-refractivity contribution in [3.05, 3.63) is 59.0 Å². The zero-order chi connectivity index (χ0) is 14.5. The number of amides is 1. The molecule has 1 aromatic heterocycles. The van der Waals surface area contributed by atoms with Crippen LogP contribution in [0.1, 0.15) is 28.4 Å². The first-order valence-corrected chi connectivity index (χ1v) is 6.37. The molecule has 0 bridgehead atoms. The molecule has 0 spiro atoms. The van der Waals surface area contributed by atoms with Crippen LogP contribution in [0.2, 0.25) is 0 Å². The highest BCUT2D eigenvalue weighted by atomic mass is 19.1. The average molecular weight is 273 g/mol. The first-order valence-electron chi connectivity index (χ1n) is 6.37. The van der Waals surface area contributed by atoms with Crippen LogP contribution in [0.5, 0.6) is 0 Å². The molecule has 2 aromatic rings. The van der Waals surface area contributed by atoms with Crippen molar-refractivity contribution in [1.29, 1.82) is 0 Å². The molecule has 0 unspecified atom stereocenters. The molecule has 104 valence electrons. The van der Waals surface area contributed by atoms with Gasteiger partial charge in [-0.15, -0.1) is 0 Å². The summed E-state index contributed by atoms with van der Waals surface area (Å²) in [7, 11) is 0. The van der Waals surface area contributed by atoms with E-state index < -0.39 is 11.7 Å². The molecule has 5 heteroatoms. The van der Waals surface area contributed by atoms with E-state index in [0.29, 0.717) is 6.54 Å². The number of nitrogens with two attached hydrogens (primary N) is 1. The lowest BCUT2D eigenvalue weighted by Gasteiger charge is -2.07. The van der Waals surface area contributed by atoms with Gasteiger partial charge in [-0.25, -0.2) is 9.37 Å². The van der Waals surface area contributed by atoms with E-state index in [1.165, 1.54) is 17.8 Å². The molecule has 1 heterocycles. The van der Waals surface area contributed by atoms with Gasteiger partial charge in [0.05, 0.1) is 5.56 Å². The summed E-state index contributed by atoms with van der Waals surface area (Å²) in [6, 6.07) is 9.20. The molecule has 0 radical (unpaired) electrons. The van der Waals surface area contributed by atoms with Crippen molar-refractivity contribution in [2.45, 2.75) is 19.9 Å². The zero-order valence-corrected chi connectivity index (χ0v) is 11.2. The van der Waals surface area contributed by atoms with Gasteiger partial charge in [-0.2, -0.15) is 0 Å². The molecule has 1 aromatic carbocycles. The van der Waals surface area contributed by atoms with E-state index in [4.69, 9.17) is 5.73 Å². The van der Waals surface area contributed by atoms with Crippen LogP contribution in [-0.4, -0.2) is 10.9 Å². The first kappa shape index (κ1) is 14.0. The molecule has 1 amide bonds. The second-order valence-electron chi connectivity index (χ2n) is 4.41. The molecule has 4 nitrogen and oxygen atoms in total. The van der Waals surface area contributed by atoms with Crippen molar-refractivity contribution in [2.24, 2.45) is 0 Å². The monoisotopic (exact) mass is 273 g/mol. The highest BCUT2D eigenvalue weighted by Crippen LogP contribution is 2.12. The summed E-state index contributed by atoms with van der Waals surface area (Å²) in [6.07, 6.45) is 2.28. The number of carbonyl (C=O) groups excluding carboxylic acids is 1. The minimum absolute atomic E-state index is 0.0947. The fourth-order valence-corrected chi connectivity index (χ4v) is 1.81. The zero-order valence-electron chi connectivity index (χ0n) is 11.2. The van der Waals surface area contributed by atoms with Crippen molar-refractivity contribution in [1.82, 2.24) is 10.3 Å². The Balaban J connectivity index is 2.02. The third kappa shape index (κ3) is 3.12. The minimum Gasteiger partial charge on any atom is -0.381 e. The molecule has 0 atom stereocenters. The second-order valence-corrected chi connectivity index (χ2v) is 4.41. The van der Waals surface area contributed by atoms with Gasteiger partial charge in [-0.05, 0) is 23.6 Å². The summed E-state index contributed by atoms with van der Waals surface area (Å²) in [5.41, 5.74) is 7.42. The van der Waals surface area contributed by atoms with Crippen LogP contribution in [0.15, 0.2) is 36.5 Å². The molecule has 0 saturated carbocycles. The van der Waals surface area contributed by atoms with Crippen molar-refractivity contribution in [2.75, 3.05) is 5.73 Å². The summed E-state index contributed by atoms with van der Waals surface area (Å²) >= 11 is 0. The highest BCUT2D eigenvalue weighted by molar-refractivity contribution is 5.95. The van der Waals surface area contributed by atoms with Gasteiger partial charge < -0.3 is 11.1 Å². The predicted octanol–water partition coefficient (Wildman–Crippen LogP) is 2.30. The Hall–Kier alpha value is -2.43. The van der Waals surface area contributed by atoms with Crippen LogP contribution in [-0.2, 0) is 13.0 Å². The lowest BCUT2D eigenvalue weighted by molar-refractivity contribution is 0.0947. The lowest BCUT2D eigenvalue weighted by Crippen LogP contribution is -2.24. The van der Waals surface area contributed by atoms with Crippen LogP contribution < -0.4 is 11.1 Å². The maximum absolute atomic E-state index is 13.6. The van der Waals surface area contributed by atoms with E-state index in [1.54, 1.807) is 0 Å². The number of halogens is 1. The molecule has 0 fully saturated rings. The maximum atomic E-state index is 13.6. The molecule has 0 aliphatic heterocycles. The topological polar surface area (TPSA) is 68.0 Å². The van der Waals surface area contributed by atoms with Crippen molar-refractivity contribution in [3.63, 3.8) is 0 Å². The summed E-state index contributed by atoms with van der Waals surface area (Å²) < 4.78 is 13.6. The highest BCUT2D eigenvalue weighted by Gasteiger charge is 2.13. The molecule has 20 heavy (non-hydrogen) atoms. The maximum Gasteiger partial charge on any atom is 0.254 e. The van der Waals surface area contributed by atoms with Gasteiger partial charge in [-0.3, -0.25) is 4.79 Å². The van der Waals surface area contributed by atoms with Gasteiger partial charge in [0.25, 0.3) is 5.91 Å². The SMILES string of the molecule is CCc1ccc(CNC(=O)c2ccnc(N)c2F)cc1. The predicted molar refractivity (Wildman–Crippen MR) is 75.6 cm³/mol. The van der Waals surface area contributed by atoms with Gasteiger partial charge in [-0.1, -0.05) is 31.2 Å². The van der Waals surface area contributed by atoms with Crippen LogP contribution in [0.4, 0.5) is 10.2 Å². The van der Waals surface area contributed by atoms with E-state index in [9.17, 15) is 9.18 Å². The minimum atomic E-state index is -0.786. The average Bonchev–Trinajstić information content (AvgIpc) is 2.48. The molecular weight excluding hydrogens is 257 g/mol. The molecule has 0 aliphatic carbocycles. The van der Waals surface area contributed by atoms with Gasteiger partial charge in [0.15, 0.2) is 11.6 Å². The van der Waals surface area contributed by atoms with E-state index >= 15 is 0 Å². The molecule has 3 N–H and O–H groups in total. The van der Waals surface area contributed by atoms with Crippen molar-refractivity contribution >= 4 is 11.7 Å². The summed E-state index contributed by atoms with van der Waals surface area (Å²) in [6.45, 7) is 2.41. The Kier molecular flexibility index (Phi) is 4.30. The number of nitrogens with zero attached hydrogens (tertiary/aromatic N) is 1. The van der Waals surface area contributed by atoms with Gasteiger partial charge >= 0.3 is 0 Å². The summed E-state index contributed by atoms with van der Waals surface area (Å²) in [5.74, 6) is -1.56. The number of carbonyl (C=O) groups is 1. The Bertz CT molecular complexity index is 611. The standard InChI is InChI=1S/C15H16FN3O/c1-2-10-3-5-11(6-4-10)9-19-15(20)12-7-8-18-14(17)13(12)16/h3-8H,2,9H2,1H3,(H2,17,18)(H,19,20). The van der Waals surface area contributed by atoms with E-state index in [2.05, 4.69) is 17.2 Å². The number of nitrogen functional groups attached to an aromatic ring is 1. The van der Waals surface area contributed by atoms with Gasteiger partial charge in [0, 0.05) is 12.7 Å². The number of aryl methyl sites for hydroxylation is 1. The largest absolute Gasteiger partial charge is 0.381 e. The van der Waals surface area contributed by atoms with Gasteiger partial charge in [0.2, 0.25) is 0 Å². The lowest BCUT2D eigenvalue weighted by atomic mass is 10.1. The normalized spacial score (nSPS) is 10.3. The summed E-state index contributed by atoms with van der Waals surface area (Å²) in [5, 5.41) is 2.66. The number of rotatable bonds is 4. The molecule has 0 saturated heterocycles. The fraction of sp³-hybridized carbons (Fsp3) is 0.200. The van der Waals surface area contributed by atoms with E-state index in [0.717, 1.165) is 12.0 Å². The van der Waals surface area contributed by atoms with Crippen LogP contribution in [0.25, 0.3) is 0 Å². The smallest absolute Gasteiger partial charge is 0.254 e. The molecular formula is C15H16FN3O. The fourth-order valence-electron chi connectivity index (χ4n) is 1.81. The number of nitrogens with one attached hydrogen (secondary N) is 1. The Morgan fingerprint density at radius 2 is 1.90 bits per heavy atom. The number of benzene rings is 1. The van der Waals surface area contributed by atoms with E-state index in [-0.39, 0.29) is 11.4 Å². The molecule has 2 rings (SSSR count). The first-order chi connectivity index (χ1) is 9.61. The third-order valence-corrected chi connectivity index (χ3v) is 3.05. The number of hydrogen-bond donors (Lipinski definition) is 2. The number of pyridine rings is 1.